The molecule has 90 valence electrons. The summed E-state index contributed by atoms with van der Waals surface area (Å²) in [5.74, 6) is 1.63. The van der Waals surface area contributed by atoms with Crippen molar-refractivity contribution in [3.8, 4) is 11.4 Å². The molecule has 6 nitrogen and oxygen atoms in total. The fraction of sp³-hybridized carbons (Fsp3) is 0.545. The molecule has 2 atom stereocenters. The molecule has 2 N–H and O–H groups in total. The monoisotopic (exact) mass is 233 g/mol. The first kappa shape index (κ1) is 10.5. The second kappa shape index (κ2) is 3.96. The number of hydrogen-bond donors (Lipinski definition) is 1. The van der Waals surface area contributed by atoms with E-state index in [1.165, 1.54) is 0 Å². The van der Waals surface area contributed by atoms with Gasteiger partial charge in [0.15, 0.2) is 0 Å². The van der Waals surface area contributed by atoms with Crippen molar-refractivity contribution in [2.45, 2.75) is 31.2 Å². The molecule has 1 aliphatic carbocycles. The Morgan fingerprint density at radius 3 is 3.00 bits per heavy atom. The number of aryl methyl sites for hydroxylation is 1. The first-order chi connectivity index (χ1) is 8.22. The van der Waals surface area contributed by atoms with Crippen LogP contribution in [0.4, 0.5) is 0 Å². The molecule has 2 heterocycles. The van der Waals surface area contributed by atoms with Gasteiger partial charge in [-0.3, -0.25) is 4.68 Å². The van der Waals surface area contributed by atoms with Crippen LogP contribution in [0.1, 0.15) is 31.1 Å². The lowest BCUT2D eigenvalue weighted by Gasteiger charge is -2.01. The van der Waals surface area contributed by atoms with Crippen LogP contribution in [-0.4, -0.2) is 26.0 Å². The highest BCUT2D eigenvalue weighted by Gasteiger charge is 2.28. The predicted molar refractivity (Wildman–Crippen MR) is 61.1 cm³/mol. The standard InChI is InChI=1S/C11H15N5O/c1-16-6-8(5-13-16)10-14-11(17-15-10)7-2-3-9(12)4-7/h5-7,9H,2-4,12H2,1H3. The van der Waals surface area contributed by atoms with Crippen molar-refractivity contribution in [1.82, 2.24) is 19.9 Å². The first-order valence-electron chi connectivity index (χ1n) is 5.80. The molecule has 17 heavy (non-hydrogen) atoms. The lowest BCUT2D eigenvalue weighted by molar-refractivity contribution is 0.353. The van der Waals surface area contributed by atoms with Gasteiger partial charge in [-0.2, -0.15) is 10.1 Å². The molecule has 1 aliphatic rings. The van der Waals surface area contributed by atoms with Crippen LogP contribution in [0, 0.1) is 0 Å². The van der Waals surface area contributed by atoms with Crippen LogP contribution in [0.5, 0.6) is 0 Å². The average molecular weight is 233 g/mol. The van der Waals surface area contributed by atoms with Gasteiger partial charge in [-0.15, -0.1) is 0 Å². The van der Waals surface area contributed by atoms with Crippen molar-refractivity contribution >= 4 is 0 Å². The van der Waals surface area contributed by atoms with Crippen molar-refractivity contribution < 1.29 is 4.52 Å². The molecule has 0 saturated heterocycles. The molecular formula is C11H15N5O. The van der Waals surface area contributed by atoms with E-state index in [1.807, 2.05) is 13.2 Å². The van der Waals surface area contributed by atoms with Gasteiger partial charge < -0.3 is 10.3 Å². The van der Waals surface area contributed by atoms with Crippen LogP contribution in [0.25, 0.3) is 11.4 Å². The highest BCUT2D eigenvalue weighted by atomic mass is 16.5. The number of hydrogen-bond acceptors (Lipinski definition) is 5. The fourth-order valence-electron chi connectivity index (χ4n) is 2.30. The molecule has 0 aromatic carbocycles. The van der Waals surface area contributed by atoms with E-state index in [0.29, 0.717) is 17.6 Å². The third-order valence-electron chi connectivity index (χ3n) is 3.23. The largest absolute Gasteiger partial charge is 0.339 e. The molecule has 1 fully saturated rings. The molecule has 2 unspecified atom stereocenters. The molecular weight excluding hydrogens is 218 g/mol. The van der Waals surface area contributed by atoms with E-state index in [2.05, 4.69) is 15.2 Å². The molecule has 0 amide bonds. The normalized spacial score (nSPS) is 24.4. The van der Waals surface area contributed by atoms with Gasteiger partial charge in [-0.25, -0.2) is 0 Å². The van der Waals surface area contributed by atoms with Crippen molar-refractivity contribution in [2.24, 2.45) is 12.8 Å². The van der Waals surface area contributed by atoms with Crippen molar-refractivity contribution in [2.75, 3.05) is 0 Å². The van der Waals surface area contributed by atoms with Crippen molar-refractivity contribution in [3.63, 3.8) is 0 Å². The van der Waals surface area contributed by atoms with Gasteiger partial charge in [-0.1, -0.05) is 5.16 Å². The van der Waals surface area contributed by atoms with Gasteiger partial charge in [-0.05, 0) is 19.3 Å². The summed E-state index contributed by atoms with van der Waals surface area (Å²) in [6.07, 6.45) is 6.61. The van der Waals surface area contributed by atoms with E-state index >= 15 is 0 Å². The molecule has 0 radical (unpaired) electrons. The lowest BCUT2D eigenvalue weighted by Crippen LogP contribution is -2.14. The minimum absolute atomic E-state index is 0.272. The molecule has 3 rings (SSSR count). The van der Waals surface area contributed by atoms with Gasteiger partial charge in [0.2, 0.25) is 11.7 Å². The summed E-state index contributed by atoms with van der Waals surface area (Å²) in [6, 6.07) is 0.272. The molecule has 2 aromatic rings. The zero-order valence-corrected chi connectivity index (χ0v) is 9.71. The van der Waals surface area contributed by atoms with Gasteiger partial charge in [0.25, 0.3) is 0 Å². The van der Waals surface area contributed by atoms with E-state index in [-0.39, 0.29) is 6.04 Å². The molecule has 6 heteroatoms. The van der Waals surface area contributed by atoms with Gasteiger partial charge in [0.05, 0.1) is 11.8 Å². The van der Waals surface area contributed by atoms with Crippen LogP contribution in [0.15, 0.2) is 16.9 Å². The first-order valence-corrected chi connectivity index (χ1v) is 5.80. The lowest BCUT2D eigenvalue weighted by atomic mass is 10.1. The topological polar surface area (TPSA) is 82.8 Å². The molecule has 2 aromatic heterocycles. The SMILES string of the molecule is Cn1cc(-c2noc(C3CCC(N)C3)n2)cn1. The number of aromatic nitrogens is 4. The minimum Gasteiger partial charge on any atom is -0.339 e. The van der Waals surface area contributed by atoms with E-state index < -0.39 is 0 Å². The minimum atomic E-state index is 0.272. The Kier molecular flexibility index (Phi) is 2.44. The van der Waals surface area contributed by atoms with Gasteiger partial charge >= 0.3 is 0 Å². The van der Waals surface area contributed by atoms with E-state index in [9.17, 15) is 0 Å². The summed E-state index contributed by atoms with van der Waals surface area (Å²) in [5.41, 5.74) is 6.76. The van der Waals surface area contributed by atoms with Crippen LogP contribution in [0.3, 0.4) is 0 Å². The fourth-order valence-corrected chi connectivity index (χ4v) is 2.30. The number of nitrogens with two attached hydrogens (primary N) is 1. The van der Waals surface area contributed by atoms with Crippen LogP contribution >= 0.6 is 0 Å². The Hall–Kier alpha value is -1.69. The maximum Gasteiger partial charge on any atom is 0.230 e. The third-order valence-corrected chi connectivity index (χ3v) is 3.23. The Morgan fingerprint density at radius 1 is 1.47 bits per heavy atom. The number of rotatable bonds is 2. The molecule has 1 saturated carbocycles. The summed E-state index contributed by atoms with van der Waals surface area (Å²) in [4.78, 5) is 4.42. The van der Waals surface area contributed by atoms with Crippen LogP contribution in [0.2, 0.25) is 0 Å². The Balaban J connectivity index is 1.83. The van der Waals surface area contributed by atoms with Gasteiger partial charge in [0, 0.05) is 25.2 Å². The van der Waals surface area contributed by atoms with E-state index in [0.717, 1.165) is 24.8 Å². The summed E-state index contributed by atoms with van der Waals surface area (Å²) in [6.45, 7) is 0. The summed E-state index contributed by atoms with van der Waals surface area (Å²) < 4.78 is 7.03. The van der Waals surface area contributed by atoms with Crippen molar-refractivity contribution in [1.29, 1.82) is 0 Å². The van der Waals surface area contributed by atoms with E-state index in [1.54, 1.807) is 10.9 Å². The molecule has 0 bridgehead atoms. The van der Waals surface area contributed by atoms with Gasteiger partial charge in [0.1, 0.15) is 0 Å². The van der Waals surface area contributed by atoms with E-state index in [4.69, 9.17) is 10.3 Å². The second-order valence-corrected chi connectivity index (χ2v) is 4.63. The zero-order chi connectivity index (χ0) is 11.8. The number of nitrogens with zero attached hydrogens (tertiary/aromatic N) is 4. The Bertz CT molecular complexity index is 517. The zero-order valence-electron chi connectivity index (χ0n) is 9.71. The summed E-state index contributed by atoms with van der Waals surface area (Å²) in [5, 5.41) is 8.08. The molecule has 0 spiro atoms. The smallest absolute Gasteiger partial charge is 0.230 e. The Morgan fingerprint density at radius 2 is 2.35 bits per heavy atom. The van der Waals surface area contributed by atoms with Crippen LogP contribution < -0.4 is 5.73 Å². The molecule has 0 aliphatic heterocycles. The third kappa shape index (κ3) is 1.95. The Labute approximate surface area is 98.8 Å². The highest BCUT2D eigenvalue weighted by molar-refractivity contribution is 5.51. The predicted octanol–water partition coefficient (Wildman–Crippen LogP) is 1.06. The maximum absolute atomic E-state index is 5.88. The maximum atomic E-state index is 5.88. The second-order valence-electron chi connectivity index (χ2n) is 4.63. The quantitative estimate of drug-likeness (QED) is 0.838. The van der Waals surface area contributed by atoms with Crippen LogP contribution in [-0.2, 0) is 7.05 Å². The average Bonchev–Trinajstić information content (AvgIpc) is 2.96. The summed E-state index contributed by atoms with van der Waals surface area (Å²) >= 11 is 0. The summed E-state index contributed by atoms with van der Waals surface area (Å²) in [7, 11) is 1.86. The highest BCUT2D eigenvalue weighted by Crippen LogP contribution is 2.33. The van der Waals surface area contributed by atoms with Crippen molar-refractivity contribution in [3.05, 3.63) is 18.3 Å².